The summed E-state index contributed by atoms with van der Waals surface area (Å²) < 4.78 is 10.2. The van der Waals surface area contributed by atoms with E-state index < -0.39 is 30.5 Å². The lowest BCUT2D eigenvalue weighted by Gasteiger charge is -2.18. The van der Waals surface area contributed by atoms with Crippen LogP contribution in [0.15, 0.2) is 11.5 Å². The molecule has 0 spiro atoms. The van der Waals surface area contributed by atoms with Gasteiger partial charge < -0.3 is 24.8 Å². The van der Waals surface area contributed by atoms with Gasteiger partial charge in [0.05, 0.1) is 13.2 Å². The lowest BCUT2D eigenvalue weighted by atomic mass is 10.0. The third-order valence-electron chi connectivity index (χ3n) is 4.96. The van der Waals surface area contributed by atoms with E-state index in [4.69, 9.17) is 14.6 Å². The number of carbonyl (C=O) groups is 1. The zero-order chi connectivity index (χ0) is 19.9. The zero-order valence-electron chi connectivity index (χ0n) is 16.8. The first-order valence-electron chi connectivity index (χ1n) is 10.7. The first-order valence-corrected chi connectivity index (χ1v) is 10.7. The van der Waals surface area contributed by atoms with Gasteiger partial charge in [0.15, 0.2) is 11.9 Å². The number of hydrogen-bond acceptors (Lipinski definition) is 6. The largest absolute Gasteiger partial charge is 0.499 e. The summed E-state index contributed by atoms with van der Waals surface area (Å²) in [5, 5.41) is 28.3. The fourth-order valence-corrected chi connectivity index (χ4v) is 3.26. The molecule has 0 aliphatic carbocycles. The first-order chi connectivity index (χ1) is 13.1. The molecule has 0 bridgehead atoms. The number of esters is 1. The maximum Gasteiger partial charge on any atom is 0.378 e. The second kappa shape index (κ2) is 14.7. The molecule has 0 unspecified atom stereocenters. The Labute approximate surface area is 163 Å². The van der Waals surface area contributed by atoms with Crippen LogP contribution < -0.4 is 0 Å². The first kappa shape index (κ1) is 23.8. The van der Waals surface area contributed by atoms with Crippen LogP contribution in [0, 0.1) is 0 Å². The molecule has 1 heterocycles. The molecular weight excluding hydrogens is 348 g/mol. The molecule has 1 aliphatic rings. The maximum absolute atomic E-state index is 11.4. The van der Waals surface area contributed by atoms with Crippen LogP contribution in [-0.2, 0) is 14.3 Å². The molecule has 3 N–H and O–H groups in total. The number of unbranched alkanes of at least 4 members (excludes halogenated alkanes) is 12. The average Bonchev–Trinajstić information content (AvgIpc) is 2.96. The van der Waals surface area contributed by atoms with Gasteiger partial charge in [0, 0.05) is 0 Å². The smallest absolute Gasteiger partial charge is 0.378 e. The number of rotatable bonds is 17. The molecule has 0 fully saturated rings. The molecule has 1 aliphatic heterocycles. The molecule has 0 aromatic heterocycles. The molecule has 0 aromatic carbocycles. The normalized spacial score (nSPS) is 18.0. The van der Waals surface area contributed by atoms with Crippen molar-refractivity contribution >= 4 is 5.97 Å². The van der Waals surface area contributed by atoms with Gasteiger partial charge in [-0.25, -0.2) is 4.79 Å². The van der Waals surface area contributed by atoms with Crippen molar-refractivity contribution in [3.63, 3.8) is 0 Å². The molecule has 6 heteroatoms. The van der Waals surface area contributed by atoms with Gasteiger partial charge in [-0.2, -0.15) is 0 Å². The minimum Gasteiger partial charge on any atom is -0.499 e. The Hall–Kier alpha value is -1.27. The van der Waals surface area contributed by atoms with Crippen LogP contribution in [0.25, 0.3) is 0 Å². The van der Waals surface area contributed by atoms with Crippen LogP contribution in [0.1, 0.15) is 90.4 Å². The molecule has 1 rings (SSSR count). The summed E-state index contributed by atoms with van der Waals surface area (Å²) >= 11 is 0. The molecule has 0 saturated heterocycles. The average molecular weight is 387 g/mol. The van der Waals surface area contributed by atoms with Crippen LogP contribution in [0.2, 0.25) is 0 Å². The molecule has 2 atom stereocenters. The van der Waals surface area contributed by atoms with E-state index in [1.54, 1.807) is 0 Å². The van der Waals surface area contributed by atoms with Crippen molar-refractivity contribution in [2.45, 2.75) is 103 Å². The van der Waals surface area contributed by atoms with Crippen LogP contribution in [-0.4, -0.2) is 46.7 Å². The van der Waals surface area contributed by atoms with Gasteiger partial charge in [0.1, 0.15) is 6.10 Å². The Balaban J connectivity index is 1.99. The summed E-state index contributed by atoms with van der Waals surface area (Å²) in [4.78, 5) is 11.4. The minimum atomic E-state index is -1.29. The summed E-state index contributed by atoms with van der Waals surface area (Å²) in [6.07, 6.45) is 13.9. The van der Waals surface area contributed by atoms with E-state index in [1.807, 2.05) is 0 Å². The number of cyclic esters (lactones) is 1. The molecule has 6 nitrogen and oxygen atoms in total. The van der Waals surface area contributed by atoms with Gasteiger partial charge in [0.25, 0.3) is 0 Å². The Kier molecular flexibility index (Phi) is 13.0. The quantitative estimate of drug-likeness (QED) is 0.257. The Morgan fingerprint density at radius 1 is 0.926 bits per heavy atom. The second-order valence-corrected chi connectivity index (χ2v) is 7.38. The topological polar surface area (TPSA) is 96.2 Å². The van der Waals surface area contributed by atoms with Gasteiger partial charge in [0.2, 0.25) is 5.76 Å². The number of hydrogen-bond donors (Lipinski definition) is 3. The molecule has 0 radical (unpaired) electrons. The van der Waals surface area contributed by atoms with E-state index in [-0.39, 0.29) is 5.76 Å². The van der Waals surface area contributed by atoms with E-state index in [1.165, 1.54) is 64.2 Å². The number of aliphatic hydroxyl groups is 3. The van der Waals surface area contributed by atoms with Gasteiger partial charge >= 0.3 is 5.97 Å². The molecule has 158 valence electrons. The minimum absolute atomic E-state index is 0.0690. The van der Waals surface area contributed by atoms with E-state index in [2.05, 4.69) is 6.92 Å². The van der Waals surface area contributed by atoms with Crippen LogP contribution in [0.5, 0.6) is 0 Å². The van der Waals surface area contributed by atoms with E-state index in [9.17, 15) is 15.0 Å². The van der Waals surface area contributed by atoms with Crippen molar-refractivity contribution < 1.29 is 29.6 Å². The zero-order valence-corrected chi connectivity index (χ0v) is 16.8. The van der Waals surface area contributed by atoms with Crippen molar-refractivity contribution in [2.75, 3.05) is 13.2 Å². The third kappa shape index (κ3) is 9.47. The monoisotopic (exact) mass is 386 g/mol. The summed E-state index contributed by atoms with van der Waals surface area (Å²) in [6, 6.07) is 0. The summed E-state index contributed by atoms with van der Waals surface area (Å²) in [5.41, 5.74) is 0. The molecule has 27 heavy (non-hydrogen) atoms. The van der Waals surface area contributed by atoms with Crippen molar-refractivity contribution in [2.24, 2.45) is 0 Å². The van der Waals surface area contributed by atoms with Crippen molar-refractivity contribution in [1.29, 1.82) is 0 Å². The number of ether oxygens (including phenoxy) is 2. The number of carbonyl (C=O) groups excluding carboxylic acids is 1. The van der Waals surface area contributed by atoms with Crippen LogP contribution in [0.4, 0.5) is 0 Å². The highest BCUT2D eigenvalue weighted by atomic mass is 16.6. The summed E-state index contributed by atoms with van der Waals surface area (Å²) in [6.45, 7) is 2.02. The highest BCUT2D eigenvalue weighted by Crippen LogP contribution is 2.25. The van der Waals surface area contributed by atoms with E-state index in [0.29, 0.717) is 6.61 Å². The molecule has 0 amide bonds. The van der Waals surface area contributed by atoms with E-state index >= 15 is 0 Å². The summed E-state index contributed by atoms with van der Waals surface area (Å²) in [5.74, 6) is -1.60. The predicted octanol–water partition coefficient (Wildman–Crippen LogP) is 4.14. The highest BCUT2D eigenvalue weighted by molar-refractivity contribution is 5.89. The summed E-state index contributed by atoms with van der Waals surface area (Å²) in [7, 11) is 0. The third-order valence-corrected chi connectivity index (χ3v) is 4.96. The van der Waals surface area contributed by atoms with Gasteiger partial charge in [-0.05, 0) is 6.42 Å². The fourth-order valence-electron chi connectivity index (χ4n) is 3.26. The van der Waals surface area contributed by atoms with E-state index in [0.717, 1.165) is 19.3 Å². The SMILES string of the molecule is CCCCCCCCCCCCCCCOC1=C(O)C(=O)O[C@@H]1[C@@H](O)CO. The van der Waals surface area contributed by atoms with Crippen molar-refractivity contribution in [3.8, 4) is 0 Å². The Morgan fingerprint density at radius 2 is 1.41 bits per heavy atom. The van der Waals surface area contributed by atoms with Crippen molar-refractivity contribution in [3.05, 3.63) is 11.5 Å². The molecule has 0 aromatic rings. The van der Waals surface area contributed by atoms with Crippen LogP contribution >= 0.6 is 0 Å². The fraction of sp³-hybridized carbons (Fsp3) is 0.857. The lowest BCUT2D eigenvalue weighted by Crippen LogP contribution is -2.32. The number of aliphatic hydroxyl groups excluding tert-OH is 3. The maximum atomic E-state index is 11.4. The van der Waals surface area contributed by atoms with Gasteiger partial charge in [-0.3, -0.25) is 0 Å². The van der Waals surface area contributed by atoms with Gasteiger partial charge in [-0.15, -0.1) is 0 Å². The van der Waals surface area contributed by atoms with Crippen LogP contribution in [0.3, 0.4) is 0 Å². The Morgan fingerprint density at radius 3 is 1.89 bits per heavy atom. The van der Waals surface area contributed by atoms with Crippen molar-refractivity contribution in [1.82, 2.24) is 0 Å². The van der Waals surface area contributed by atoms with Gasteiger partial charge in [-0.1, -0.05) is 84.0 Å². The highest BCUT2D eigenvalue weighted by Gasteiger charge is 2.40. The molecular formula is C21H38O6. The standard InChI is InChI=1S/C21H38O6/c1-2-3-4-5-6-7-8-9-10-11-12-13-14-15-26-20-18(24)21(25)27-19(20)17(23)16-22/h17,19,22-24H,2-16H2,1H3/t17-,19+/m0/s1. The Bertz CT molecular complexity index is 434. The lowest BCUT2D eigenvalue weighted by molar-refractivity contribution is -0.148. The second-order valence-electron chi connectivity index (χ2n) is 7.38. The molecule has 0 saturated carbocycles. The predicted molar refractivity (Wildman–Crippen MR) is 104 cm³/mol.